The predicted molar refractivity (Wildman–Crippen MR) is 64.7 cm³/mol. The smallest absolute Gasteiger partial charge is 0.265 e. The molecule has 1 atom stereocenters. The lowest BCUT2D eigenvalue weighted by Gasteiger charge is -2.14. The average molecular weight is 269 g/mol. The summed E-state index contributed by atoms with van der Waals surface area (Å²) in [5.74, 6) is 0.781. The molecule has 1 aromatic carbocycles. The van der Waals surface area contributed by atoms with Crippen LogP contribution in [0, 0.1) is 0 Å². The maximum absolute atomic E-state index is 12.3. The Hall–Kier alpha value is -1.11. The Balaban J connectivity index is 1.96. The standard InChI is InChI=1S/C12H15NO4S/c1-9-7-10-8-11(3-4-12(10)17-9)18(14,15)13-5-2-6-16-13/h3-4,8-9H,2,5-7H2,1H3. The summed E-state index contributed by atoms with van der Waals surface area (Å²) >= 11 is 0. The summed E-state index contributed by atoms with van der Waals surface area (Å²) in [6, 6.07) is 4.99. The predicted octanol–water partition coefficient (Wildman–Crippen LogP) is 1.34. The van der Waals surface area contributed by atoms with E-state index in [2.05, 4.69) is 0 Å². The summed E-state index contributed by atoms with van der Waals surface area (Å²) in [5, 5.41) is 0. The van der Waals surface area contributed by atoms with E-state index in [0.717, 1.165) is 28.6 Å². The molecule has 6 heteroatoms. The van der Waals surface area contributed by atoms with Gasteiger partial charge in [-0.25, -0.2) is 8.42 Å². The van der Waals surface area contributed by atoms with E-state index in [-0.39, 0.29) is 11.0 Å². The fraction of sp³-hybridized carbons (Fsp3) is 0.500. The van der Waals surface area contributed by atoms with Gasteiger partial charge in [0.1, 0.15) is 11.9 Å². The molecule has 98 valence electrons. The molecule has 0 N–H and O–H groups in total. The van der Waals surface area contributed by atoms with Crippen molar-refractivity contribution in [2.45, 2.75) is 30.8 Å². The van der Waals surface area contributed by atoms with Crippen molar-refractivity contribution in [3.8, 4) is 5.75 Å². The normalized spacial score (nSPS) is 23.9. The summed E-state index contributed by atoms with van der Waals surface area (Å²) in [4.78, 5) is 5.41. The van der Waals surface area contributed by atoms with Gasteiger partial charge in [0.15, 0.2) is 0 Å². The highest BCUT2D eigenvalue weighted by Crippen LogP contribution is 2.32. The molecular formula is C12H15NO4S. The van der Waals surface area contributed by atoms with Gasteiger partial charge in [-0.3, -0.25) is 4.84 Å². The third kappa shape index (κ3) is 1.90. The first-order chi connectivity index (χ1) is 8.57. The number of hydrogen-bond donors (Lipinski definition) is 0. The van der Waals surface area contributed by atoms with Crippen molar-refractivity contribution in [3.63, 3.8) is 0 Å². The molecule has 2 heterocycles. The third-order valence-electron chi connectivity index (χ3n) is 3.15. The fourth-order valence-corrected chi connectivity index (χ4v) is 3.64. The first kappa shape index (κ1) is 12.0. The maximum atomic E-state index is 12.3. The van der Waals surface area contributed by atoms with Crippen molar-refractivity contribution < 1.29 is 18.0 Å². The second-order valence-electron chi connectivity index (χ2n) is 4.62. The van der Waals surface area contributed by atoms with Crippen LogP contribution in [0.25, 0.3) is 0 Å². The maximum Gasteiger partial charge on any atom is 0.265 e. The third-order valence-corrected chi connectivity index (χ3v) is 4.83. The molecule has 2 aliphatic rings. The fourth-order valence-electron chi connectivity index (χ4n) is 2.29. The van der Waals surface area contributed by atoms with Gasteiger partial charge < -0.3 is 4.74 Å². The molecular weight excluding hydrogens is 254 g/mol. The minimum absolute atomic E-state index is 0.112. The number of hydrogen-bond acceptors (Lipinski definition) is 4. The SMILES string of the molecule is CC1Cc2cc(S(=O)(=O)N3CCCO3)ccc2O1. The first-order valence-electron chi connectivity index (χ1n) is 6.02. The highest BCUT2D eigenvalue weighted by Gasteiger charge is 2.30. The molecule has 0 radical (unpaired) electrons. The van der Waals surface area contributed by atoms with E-state index in [1.165, 1.54) is 0 Å². The van der Waals surface area contributed by atoms with E-state index in [4.69, 9.17) is 9.57 Å². The summed E-state index contributed by atoms with van der Waals surface area (Å²) in [6.07, 6.45) is 1.60. The Kier molecular flexibility index (Phi) is 2.80. The van der Waals surface area contributed by atoms with Gasteiger partial charge in [-0.15, -0.1) is 0 Å². The number of fused-ring (bicyclic) bond motifs is 1. The largest absolute Gasteiger partial charge is 0.490 e. The van der Waals surface area contributed by atoms with Crippen LogP contribution in [0.4, 0.5) is 0 Å². The lowest BCUT2D eigenvalue weighted by Crippen LogP contribution is -2.26. The number of hydroxylamine groups is 1. The van der Waals surface area contributed by atoms with Crippen molar-refractivity contribution in [2.75, 3.05) is 13.2 Å². The van der Waals surface area contributed by atoms with Crippen LogP contribution >= 0.6 is 0 Å². The molecule has 0 aliphatic carbocycles. The van der Waals surface area contributed by atoms with E-state index >= 15 is 0 Å². The van der Waals surface area contributed by atoms with Gasteiger partial charge in [0, 0.05) is 13.0 Å². The van der Waals surface area contributed by atoms with Crippen LogP contribution in [-0.2, 0) is 21.3 Å². The van der Waals surface area contributed by atoms with E-state index in [1.807, 2.05) is 6.92 Å². The highest BCUT2D eigenvalue weighted by molar-refractivity contribution is 7.89. The molecule has 5 nitrogen and oxygen atoms in total. The van der Waals surface area contributed by atoms with Crippen molar-refractivity contribution in [1.29, 1.82) is 0 Å². The molecule has 1 unspecified atom stereocenters. The summed E-state index contributed by atoms with van der Waals surface area (Å²) in [5.41, 5.74) is 0.947. The molecule has 3 rings (SSSR count). The minimum atomic E-state index is -3.52. The Bertz CT molecular complexity index is 563. The zero-order valence-corrected chi connectivity index (χ0v) is 10.9. The quantitative estimate of drug-likeness (QED) is 0.813. The lowest BCUT2D eigenvalue weighted by molar-refractivity contribution is -0.0284. The molecule has 2 aliphatic heterocycles. The number of sulfonamides is 1. The van der Waals surface area contributed by atoms with Gasteiger partial charge in [-0.05, 0) is 37.1 Å². The molecule has 18 heavy (non-hydrogen) atoms. The van der Waals surface area contributed by atoms with Crippen LogP contribution in [0.1, 0.15) is 18.9 Å². The van der Waals surface area contributed by atoms with Gasteiger partial charge >= 0.3 is 0 Å². The Morgan fingerprint density at radius 3 is 2.94 bits per heavy atom. The minimum Gasteiger partial charge on any atom is -0.490 e. The van der Waals surface area contributed by atoms with Crippen molar-refractivity contribution >= 4 is 10.0 Å². The second-order valence-corrected chi connectivity index (χ2v) is 6.45. The molecule has 0 aromatic heterocycles. The molecule has 0 bridgehead atoms. The molecule has 0 amide bonds. The van der Waals surface area contributed by atoms with Crippen molar-refractivity contribution in [3.05, 3.63) is 23.8 Å². The molecule has 1 fully saturated rings. The monoisotopic (exact) mass is 269 g/mol. The van der Waals surface area contributed by atoms with Crippen LogP contribution in [0.5, 0.6) is 5.75 Å². The zero-order valence-electron chi connectivity index (χ0n) is 10.1. The van der Waals surface area contributed by atoms with E-state index < -0.39 is 10.0 Å². The number of nitrogens with zero attached hydrogens (tertiary/aromatic N) is 1. The Morgan fingerprint density at radius 2 is 2.22 bits per heavy atom. The Labute approximate surface area is 106 Å². The van der Waals surface area contributed by atoms with Crippen LogP contribution in [0.2, 0.25) is 0 Å². The summed E-state index contributed by atoms with van der Waals surface area (Å²) < 4.78 is 31.2. The number of rotatable bonds is 2. The van der Waals surface area contributed by atoms with E-state index in [1.54, 1.807) is 18.2 Å². The number of ether oxygens (including phenoxy) is 1. The molecule has 1 saturated heterocycles. The lowest BCUT2D eigenvalue weighted by atomic mass is 10.1. The Morgan fingerprint density at radius 1 is 1.39 bits per heavy atom. The van der Waals surface area contributed by atoms with Crippen molar-refractivity contribution in [1.82, 2.24) is 4.47 Å². The second kappa shape index (κ2) is 4.22. The molecule has 0 spiro atoms. The van der Waals surface area contributed by atoms with Crippen LogP contribution < -0.4 is 4.74 Å². The van der Waals surface area contributed by atoms with Gasteiger partial charge in [0.2, 0.25) is 0 Å². The van der Waals surface area contributed by atoms with Crippen molar-refractivity contribution in [2.24, 2.45) is 0 Å². The van der Waals surface area contributed by atoms with Gasteiger partial charge in [0.25, 0.3) is 10.0 Å². The summed E-state index contributed by atoms with van der Waals surface area (Å²) in [6.45, 7) is 2.86. The van der Waals surface area contributed by atoms with Crippen LogP contribution in [0.3, 0.4) is 0 Å². The van der Waals surface area contributed by atoms with E-state index in [9.17, 15) is 8.42 Å². The molecule has 1 aromatic rings. The summed E-state index contributed by atoms with van der Waals surface area (Å²) in [7, 11) is -3.52. The van der Waals surface area contributed by atoms with Gasteiger partial charge in [0.05, 0.1) is 11.5 Å². The van der Waals surface area contributed by atoms with Gasteiger partial charge in [-0.1, -0.05) is 4.47 Å². The van der Waals surface area contributed by atoms with Crippen LogP contribution in [0.15, 0.2) is 23.1 Å². The zero-order chi connectivity index (χ0) is 12.8. The average Bonchev–Trinajstić information content (AvgIpc) is 2.95. The number of benzene rings is 1. The topological polar surface area (TPSA) is 55.8 Å². The molecule has 0 saturated carbocycles. The highest BCUT2D eigenvalue weighted by atomic mass is 32.2. The van der Waals surface area contributed by atoms with Crippen LogP contribution in [-0.4, -0.2) is 32.1 Å². The first-order valence-corrected chi connectivity index (χ1v) is 7.46. The van der Waals surface area contributed by atoms with Gasteiger partial charge in [-0.2, -0.15) is 0 Å². The van der Waals surface area contributed by atoms with E-state index in [0.29, 0.717) is 13.2 Å².